The Balaban J connectivity index is 1.98. The van der Waals surface area contributed by atoms with Crippen molar-refractivity contribution in [2.45, 2.75) is 18.8 Å². The molecule has 114 valence electrons. The second kappa shape index (κ2) is 6.79. The van der Waals surface area contributed by atoms with Crippen molar-refractivity contribution < 1.29 is 8.42 Å². The first kappa shape index (κ1) is 15.6. The molecule has 0 unspecified atom stereocenters. The quantitative estimate of drug-likeness (QED) is 0.760. The maximum Gasteiger partial charge on any atom is 0.216 e. The fourth-order valence-corrected chi connectivity index (χ4v) is 3.01. The monoisotopic (exact) mass is 309 g/mol. The minimum Gasteiger partial charge on any atom is -0.316 e. The van der Waals surface area contributed by atoms with E-state index in [1.54, 1.807) is 13.1 Å². The number of rotatable bonds is 7. The predicted molar refractivity (Wildman–Crippen MR) is 79.7 cm³/mol. The minimum absolute atomic E-state index is 0.0581. The standard InChI is InChI=1S/C13H19N5O2S/c1-14-7-11-4-3-5-12(6-11)9-21(19,20)16-8-13-15-10-18(2)17-13/h3-6,10,14,16H,7-9H2,1-2H3. The second-order valence-electron chi connectivity index (χ2n) is 4.76. The molecule has 1 heterocycles. The average molecular weight is 309 g/mol. The number of hydrogen-bond donors (Lipinski definition) is 2. The second-order valence-corrected chi connectivity index (χ2v) is 6.57. The zero-order chi connectivity index (χ0) is 15.3. The Kier molecular flexibility index (Phi) is 5.05. The number of sulfonamides is 1. The molecule has 0 saturated carbocycles. The molecule has 0 aliphatic heterocycles. The Hall–Kier alpha value is -1.77. The van der Waals surface area contributed by atoms with Crippen molar-refractivity contribution in [2.24, 2.45) is 7.05 Å². The molecule has 0 bridgehead atoms. The summed E-state index contributed by atoms with van der Waals surface area (Å²) in [6, 6.07) is 7.50. The van der Waals surface area contributed by atoms with Crippen molar-refractivity contribution in [2.75, 3.05) is 7.05 Å². The van der Waals surface area contributed by atoms with Crippen molar-refractivity contribution in [1.29, 1.82) is 0 Å². The molecule has 0 saturated heterocycles. The summed E-state index contributed by atoms with van der Waals surface area (Å²) in [5, 5.41) is 7.07. The summed E-state index contributed by atoms with van der Waals surface area (Å²) in [5.41, 5.74) is 1.81. The van der Waals surface area contributed by atoms with Crippen molar-refractivity contribution in [3.8, 4) is 0 Å². The van der Waals surface area contributed by atoms with Crippen LogP contribution in [0.3, 0.4) is 0 Å². The van der Waals surface area contributed by atoms with E-state index in [4.69, 9.17) is 0 Å². The molecule has 8 heteroatoms. The molecule has 0 aliphatic rings. The van der Waals surface area contributed by atoms with Gasteiger partial charge in [-0.05, 0) is 18.2 Å². The first-order chi connectivity index (χ1) is 9.98. The summed E-state index contributed by atoms with van der Waals surface area (Å²) < 4.78 is 28.2. The highest BCUT2D eigenvalue weighted by Gasteiger charge is 2.12. The van der Waals surface area contributed by atoms with E-state index in [9.17, 15) is 8.42 Å². The average Bonchev–Trinajstić information content (AvgIpc) is 2.83. The molecular formula is C13H19N5O2S. The van der Waals surface area contributed by atoms with Crippen molar-refractivity contribution in [3.63, 3.8) is 0 Å². The molecule has 0 atom stereocenters. The van der Waals surface area contributed by atoms with Gasteiger partial charge in [0.15, 0.2) is 5.82 Å². The van der Waals surface area contributed by atoms with Crippen LogP contribution in [0, 0.1) is 0 Å². The van der Waals surface area contributed by atoms with Gasteiger partial charge in [0.1, 0.15) is 6.33 Å². The first-order valence-corrected chi connectivity index (χ1v) is 8.18. The van der Waals surface area contributed by atoms with E-state index in [0.29, 0.717) is 12.4 Å². The van der Waals surface area contributed by atoms with Gasteiger partial charge in [0.25, 0.3) is 0 Å². The van der Waals surface area contributed by atoms with Gasteiger partial charge in [0.05, 0.1) is 12.3 Å². The lowest BCUT2D eigenvalue weighted by Crippen LogP contribution is -2.25. The Labute approximate surface area is 124 Å². The molecule has 0 radical (unpaired) electrons. The predicted octanol–water partition coefficient (Wildman–Crippen LogP) is 0.154. The molecule has 0 aliphatic carbocycles. The number of benzene rings is 1. The Bertz CT molecular complexity index is 696. The third kappa shape index (κ3) is 4.92. The number of aromatic nitrogens is 3. The summed E-state index contributed by atoms with van der Waals surface area (Å²) in [4.78, 5) is 3.98. The Morgan fingerprint density at radius 1 is 1.24 bits per heavy atom. The van der Waals surface area contributed by atoms with E-state index < -0.39 is 10.0 Å². The van der Waals surface area contributed by atoms with Crippen LogP contribution in [0.1, 0.15) is 17.0 Å². The van der Waals surface area contributed by atoms with Crippen LogP contribution in [0.5, 0.6) is 0 Å². The zero-order valence-corrected chi connectivity index (χ0v) is 12.9. The van der Waals surface area contributed by atoms with Gasteiger partial charge in [-0.1, -0.05) is 24.3 Å². The minimum atomic E-state index is -3.41. The molecule has 7 nitrogen and oxygen atoms in total. The summed E-state index contributed by atoms with van der Waals surface area (Å²) in [5.74, 6) is 0.391. The van der Waals surface area contributed by atoms with Crippen LogP contribution in [-0.2, 0) is 35.9 Å². The molecule has 0 spiro atoms. The van der Waals surface area contributed by atoms with Gasteiger partial charge < -0.3 is 5.32 Å². The smallest absolute Gasteiger partial charge is 0.216 e. The molecule has 2 aromatic rings. The molecular weight excluding hydrogens is 290 g/mol. The van der Waals surface area contributed by atoms with Crippen molar-refractivity contribution >= 4 is 10.0 Å². The van der Waals surface area contributed by atoms with Gasteiger partial charge in [-0.3, -0.25) is 4.68 Å². The molecule has 1 aromatic carbocycles. The number of hydrogen-bond acceptors (Lipinski definition) is 5. The maximum absolute atomic E-state index is 12.1. The number of nitrogens with one attached hydrogen (secondary N) is 2. The highest BCUT2D eigenvalue weighted by atomic mass is 32.2. The van der Waals surface area contributed by atoms with Gasteiger partial charge in [-0.25, -0.2) is 18.1 Å². The lowest BCUT2D eigenvalue weighted by molar-refractivity contribution is 0.577. The van der Waals surface area contributed by atoms with Crippen LogP contribution < -0.4 is 10.0 Å². The molecule has 1 aromatic heterocycles. The van der Waals surface area contributed by atoms with Gasteiger partial charge in [0, 0.05) is 13.6 Å². The maximum atomic E-state index is 12.1. The third-order valence-electron chi connectivity index (χ3n) is 2.83. The number of nitrogens with zero attached hydrogens (tertiary/aromatic N) is 3. The molecule has 0 fully saturated rings. The Morgan fingerprint density at radius 2 is 2.00 bits per heavy atom. The molecule has 0 amide bonds. The van der Waals surface area contributed by atoms with E-state index in [1.807, 2.05) is 25.2 Å². The highest BCUT2D eigenvalue weighted by Crippen LogP contribution is 2.09. The molecule has 21 heavy (non-hydrogen) atoms. The van der Waals surface area contributed by atoms with E-state index in [0.717, 1.165) is 11.1 Å². The third-order valence-corrected chi connectivity index (χ3v) is 4.12. The number of aryl methyl sites for hydroxylation is 1. The van der Waals surface area contributed by atoms with Crippen molar-refractivity contribution in [3.05, 3.63) is 47.5 Å². The first-order valence-electron chi connectivity index (χ1n) is 6.53. The van der Waals surface area contributed by atoms with Gasteiger partial charge in [0.2, 0.25) is 10.0 Å². The fourth-order valence-electron chi connectivity index (χ4n) is 1.94. The normalized spacial score (nSPS) is 11.7. The van der Waals surface area contributed by atoms with Crippen LogP contribution >= 0.6 is 0 Å². The lowest BCUT2D eigenvalue weighted by Gasteiger charge is -2.07. The molecule has 2 N–H and O–H groups in total. The van der Waals surface area contributed by atoms with Crippen molar-refractivity contribution in [1.82, 2.24) is 24.8 Å². The van der Waals surface area contributed by atoms with E-state index in [2.05, 4.69) is 20.1 Å². The topological polar surface area (TPSA) is 88.9 Å². The van der Waals surface area contributed by atoms with Crippen LogP contribution in [0.25, 0.3) is 0 Å². The fraction of sp³-hybridized carbons (Fsp3) is 0.385. The summed E-state index contributed by atoms with van der Waals surface area (Å²) in [6.07, 6.45) is 1.53. The van der Waals surface area contributed by atoms with Crippen LogP contribution in [0.2, 0.25) is 0 Å². The lowest BCUT2D eigenvalue weighted by atomic mass is 10.1. The van der Waals surface area contributed by atoms with E-state index in [1.165, 1.54) is 11.0 Å². The summed E-state index contributed by atoms with van der Waals surface area (Å²) in [7, 11) is 0.171. The van der Waals surface area contributed by atoms with Gasteiger partial charge >= 0.3 is 0 Å². The largest absolute Gasteiger partial charge is 0.316 e. The zero-order valence-electron chi connectivity index (χ0n) is 12.1. The summed E-state index contributed by atoms with van der Waals surface area (Å²) in [6.45, 7) is 0.804. The van der Waals surface area contributed by atoms with Gasteiger partial charge in [-0.15, -0.1) is 0 Å². The van der Waals surface area contributed by atoms with Crippen LogP contribution in [-0.4, -0.2) is 30.2 Å². The highest BCUT2D eigenvalue weighted by molar-refractivity contribution is 7.88. The van der Waals surface area contributed by atoms with E-state index >= 15 is 0 Å². The summed E-state index contributed by atoms with van der Waals surface area (Å²) >= 11 is 0. The van der Waals surface area contributed by atoms with E-state index in [-0.39, 0.29) is 12.3 Å². The van der Waals surface area contributed by atoms with Crippen LogP contribution in [0.15, 0.2) is 30.6 Å². The van der Waals surface area contributed by atoms with Gasteiger partial charge in [-0.2, -0.15) is 5.10 Å². The molecule has 2 rings (SSSR count). The SMILES string of the molecule is CNCc1cccc(CS(=O)(=O)NCc2ncn(C)n2)c1. The Morgan fingerprint density at radius 3 is 2.67 bits per heavy atom. The van der Waals surface area contributed by atoms with Crippen LogP contribution in [0.4, 0.5) is 0 Å².